The lowest BCUT2D eigenvalue weighted by Gasteiger charge is -2.12. The first-order valence-corrected chi connectivity index (χ1v) is 8.79. The largest absolute Gasteiger partial charge is 0.331 e. The number of anilines is 1. The van der Waals surface area contributed by atoms with E-state index in [9.17, 15) is 4.79 Å². The summed E-state index contributed by atoms with van der Waals surface area (Å²) in [4.78, 5) is 13.3. The van der Waals surface area contributed by atoms with Gasteiger partial charge in [0.2, 0.25) is 0 Å². The number of nitrogens with one attached hydrogen (secondary N) is 3. The van der Waals surface area contributed by atoms with Gasteiger partial charge in [-0.25, -0.2) is 0 Å². The van der Waals surface area contributed by atoms with Gasteiger partial charge in [-0.3, -0.25) is 15.6 Å². The van der Waals surface area contributed by atoms with Crippen LogP contribution in [0.5, 0.6) is 0 Å². The van der Waals surface area contributed by atoms with Gasteiger partial charge in [0, 0.05) is 15.9 Å². The van der Waals surface area contributed by atoms with Gasteiger partial charge in [0.05, 0.1) is 5.56 Å². The van der Waals surface area contributed by atoms with Crippen LogP contribution in [-0.2, 0) is 6.42 Å². The van der Waals surface area contributed by atoms with E-state index in [1.54, 1.807) is 11.3 Å². The monoisotopic (exact) mass is 347 g/mol. The highest BCUT2D eigenvalue weighted by Crippen LogP contribution is 2.16. The highest BCUT2D eigenvalue weighted by atomic mass is 32.1. The van der Waals surface area contributed by atoms with Gasteiger partial charge in [-0.1, -0.05) is 19.4 Å². The zero-order chi connectivity index (χ0) is 16.8. The Labute approximate surface area is 146 Å². The fourth-order valence-electron chi connectivity index (χ4n) is 2.27. The Kier molecular flexibility index (Phi) is 6.12. The highest BCUT2D eigenvalue weighted by Gasteiger charge is 2.09. The van der Waals surface area contributed by atoms with E-state index < -0.39 is 0 Å². The van der Waals surface area contributed by atoms with Gasteiger partial charge in [0.25, 0.3) is 5.91 Å². The van der Waals surface area contributed by atoms with Crippen LogP contribution < -0.4 is 16.2 Å². The molecular weight excluding hydrogens is 326 g/mol. The number of carbonyl (C=O) groups excluding carboxylic acids is 1. The number of thiophene rings is 1. The predicted molar refractivity (Wildman–Crippen MR) is 101 cm³/mol. The molecule has 3 N–H and O–H groups in total. The molecule has 1 amide bonds. The summed E-state index contributed by atoms with van der Waals surface area (Å²) in [6.45, 7) is 6.18. The first kappa shape index (κ1) is 17.4. The minimum atomic E-state index is -0.187. The average Bonchev–Trinajstić information content (AvgIpc) is 2.93. The third kappa shape index (κ3) is 5.33. The molecule has 0 unspecified atom stereocenters. The van der Waals surface area contributed by atoms with Gasteiger partial charge >= 0.3 is 0 Å². The molecule has 0 saturated carbocycles. The van der Waals surface area contributed by atoms with E-state index in [1.807, 2.05) is 37.4 Å². The molecule has 122 valence electrons. The van der Waals surface area contributed by atoms with E-state index in [2.05, 4.69) is 29.2 Å². The molecule has 0 aliphatic rings. The minimum Gasteiger partial charge on any atom is -0.331 e. The summed E-state index contributed by atoms with van der Waals surface area (Å²) in [5, 5.41) is 5.28. The molecule has 1 heterocycles. The fourth-order valence-corrected chi connectivity index (χ4v) is 3.41. The lowest BCUT2D eigenvalue weighted by atomic mass is 10.1. The van der Waals surface area contributed by atoms with Gasteiger partial charge in [-0.05, 0) is 61.8 Å². The number of amides is 1. The number of thiocarbonyl (C=S) groups is 1. The SMILES string of the molecule is CCCc1cc(C(=O)NNC(=S)Nc2cc(C)cc(C)c2)cs1. The van der Waals surface area contributed by atoms with E-state index in [-0.39, 0.29) is 5.91 Å². The first-order chi connectivity index (χ1) is 11.0. The van der Waals surface area contributed by atoms with Crippen LogP contribution in [0.1, 0.15) is 39.7 Å². The quantitative estimate of drug-likeness (QED) is 0.579. The van der Waals surface area contributed by atoms with Crippen molar-refractivity contribution >= 4 is 40.3 Å². The summed E-state index contributed by atoms with van der Waals surface area (Å²) in [6, 6.07) is 8.01. The Morgan fingerprint density at radius 2 is 1.83 bits per heavy atom. The van der Waals surface area contributed by atoms with Crippen molar-refractivity contribution in [3.05, 3.63) is 51.2 Å². The molecule has 0 atom stereocenters. The van der Waals surface area contributed by atoms with E-state index in [1.165, 1.54) is 4.88 Å². The predicted octanol–water partition coefficient (Wildman–Crippen LogP) is 3.95. The standard InChI is InChI=1S/C17H21N3OS2/c1-4-5-15-9-13(10-23-15)16(21)19-20-17(22)18-14-7-11(2)6-12(3)8-14/h6-10H,4-5H2,1-3H3,(H,19,21)(H2,18,20,22). The zero-order valence-corrected chi connectivity index (χ0v) is 15.2. The maximum Gasteiger partial charge on any atom is 0.270 e. The molecule has 0 spiro atoms. The average molecular weight is 348 g/mol. The number of carbonyl (C=O) groups is 1. The zero-order valence-electron chi connectivity index (χ0n) is 13.5. The van der Waals surface area contributed by atoms with Crippen molar-refractivity contribution in [1.82, 2.24) is 10.9 Å². The molecule has 1 aromatic carbocycles. The second kappa shape index (κ2) is 8.08. The molecule has 0 aliphatic carbocycles. The molecule has 23 heavy (non-hydrogen) atoms. The number of hydrazine groups is 1. The van der Waals surface area contributed by atoms with Gasteiger partial charge in [0.1, 0.15) is 0 Å². The summed E-state index contributed by atoms with van der Waals surface area (Å²) in [5.41, 5.74) is 9.21. The van der Waals surface area contributed by atoms with Crippen molar-refractivity contribution in [2.75, 3.05) is 5.32 Å². The minimum absolute atomic E-state index is 0.187. The smallest absolute Gasteiger partial charge is 0.270 e. The third-order valence-electron chi connectivity index (χ3n) is 3.18. The van der Waals surface area contributed by atoms with Crippen molar-refractivity contribution in [3.8, 4) is 0 Å². The van der Waals surface area contributed by atoms with E-state index >= 15 is 0 Å². The van der Waals surface area contributed by atoms with E-state index in [4.69, 9.17) is 12.2 Å². The molecule has 6 heteroatoms. The molecule has 1 aromatic heterocycles. The van der Waals surface area contributed by atoms with Crippen molar-refractivity contribution in [2.45, 2.75) is 33.6 Å². The molecule has 0 bridgehead atoms. The Morgan fingerprint density at radius 1 is 1.13 bits per heavy atom. The molecule has 0 radical (unpaired) electrons. The van der Waals surface area contributed by atoms with Crippen LogP contribution in [0.2, 0.25) is 0 Å². The van der Waals surface area contributed by atoms with Gasteiger partial charge < -0.3 is 5.32 Å². The van der Waals surface area contributed by atoms with Crippen LogP contribution in [0.25, 0.3) is 0 Å². The lowest BCUT2D eigenvalue weighted by Crippen LogP contribution is -2.43. The third-order valence-corrected chi connectivity index (χ3v) is 4.38. The molecule has 0 fully saturated rings. The van der Waals surface area contributed by atoms with Crippen LogP contribution in [0.15, 0.2) is 29.6 Å². The Morgan fingerprint density at radius 3 is 2.48 bits per heavy atom. The van der Waals surface area contributed by atoms with E-state index in [0.717, 1.165) is 29.7 Å². The van der Waals surface area contributed by atoms with Crippen molar-refractivity contribution in [3.63, 3.8) is 0 Å². The maximum absolute atomic E-state index is 12.1. The van der Waals surface area contributed by atoms with Crippen molar-refractivity contribution in [1.29, 1.82) is 0 Å². The molecule has 0 saturated heterocycles. The Hall–Kier alpha value is -1.92. The number of hydrogen-bond donors (Lipinski definition) is 3. The molecule has 0 aliphatic heterocycles. The summed E-state index contributed by atoms with van der Waals surface area (Å²) >= 11 is 6.81. The highest BCUT2D eigenvalue weighted by molar-refractivity contribution is 7.80. The number of aryl methyl sites for hydroxylation is 3. The van der Waals surface area contributed by atoms with Gasteiger partial charge in [0.15, 0.2) is 5.11 Å². The molecule has 2 rings (SSSR count). The molecular formula is C17H21N3OS2. The summed E-state index contributed by atoms with van der Waals surface area (Å²) < 4.78 is 0. The number of benzene rings is 1. The van der Waals surface area contributed by atoms with Crippen LogP contribution in [-0.4, -0.2) is 11.0 Å². The van der Waals surface area contributed by atoms with Crippen molar-refractivity contribution < 1.29 is 4.79 Å². The van der Waals surface area contributed by atoms with E-state index in [0.29, 0.717) is 10.7 Å². The fraction of sp³-hybridized carbons (Fsp3) is 0.294. The molecule has 2 aromatic rings. The van der Waals surface area contributed by atoms with Crippen LogP contribution >= 0.6 is 23.6 Å². The second-order valence-corrected chi connectivity index (χ2v) is 6.87. The van der Waals surface area contributed by atoms with Crippen LogP contribution in [0.3, 0.4) is 0 Å². The topological polar surface area (TPSA) is 53.2 Å². The lowest BCUT2D eigenvalue weighted by molar-refractivity contribution is 0.0944. The van der Waals surface area contributed by atoms with Crippen LogP contribution in [0.4, 0.5) is 5.69 Å². The normalized spacial score (nSPS) is 10.2. The number of hydrogen-bond acceptors (Lipinski definition) is 3. The Balaban J connectivity index is 1.86. The Bertz CT molecular complexity index is 689. The number of rotatable bonds is 4. The van der Waals surface area contributed by atoms with Gasteiger partial charge in [-0.2, -0.15) is 0 Å². The van der Waals surface area contributed by atoms with Gasteiger partial charge in [-0.15, -0.1) is 11.3 Å². The first-order valence-electron chi connectivity index (χ1n) is 7.51. The van der Waals surface area contributed by atoms with Crippen LogP contribution in [0, 0.1) is 13.8 Å². The van der Waals surface area contributed by atoms with Crippen molar-refractivity contribution in [2.24, 2.45) is 0 Å². The maximum atomic E-state index is 12.1. The summed E-state index contributed by atoms with van der Waals surface area (Å²) in [6.07, 6.45) is 2.07. The summed E-state index contributed by atoms with van der Waals surface area (Å²) in [7, 11) is 0. The second-order valence-electron chi connectivity index (χ2n) is 5.46. The molecule has 4 nitrogen and oxygen atoms in total. The summed E-state index contributed by atoms with van der Waals surface area (Å²) in [5.74, 6) is -0.187.